The van der Waals surface area contributed by atoms with E-state index in [1.807, 2.05) is 0 Å². The van der Waals surface area contributed by atoms with Crippen LogP contribution in [-0.2, 0) is 4.79 Å². The number of hydrogen-bond acceptors (Lipinski definition) is 1. The highest BCUT2D eigenvalue weighted by Crippen LogP contribution is 2.33. The van der Waals surface area contributed by atoms with Gasteiger partial charge in [0.2, 0.25) is 0 Å². The quantitative estimate of drug-likeness (QED) is 0.655. The lowest BCUT2D eigenvalue weighted by atomic mass is 9.75. The third-order valence-electron chi connectivity index (χ3n) is 4.02. The average molecular weight is 194 g/mol. The lowest BCUT2D eigenvalue weighted by Crippen LogP contribution is -2.29. The number of carbonyl (C=O) groups excluding carboxylic acids is 1. The molecule has 0 amide bonds. The fraction of sp³-hybridized carbons (Fsp3) is 0.923. The first-order valence-electron chi connectivity index (χ1n) is 6.41. The van der Waals surface area contributed by atoms with Crippen molar-refractivity contribution < 1.29 is 4.79 Å². The molecule has 80 valence electrons. The van der Waals surface area contributed by atoms with Gasteiger partial charge >= 0.3 is 0 Å². The molecular formula is C13H22O. The zero-order valence-electron chi connectivity index (χ0n) is 9.13. The van der Waals surface area contributed by atoms with Crippen molar-refractivity contribution in [1.82, 2.24) is 0 Å². The Hall–Kier alpha value is -0.330. The predicted molar refractivity (Wildman–Crippen MR) is 58.2 cm³/mol. The zero-order valence-corrected chi connectivity index (χ0v) is 9.13. The molecule has 0 bridgehead atoms. The van der Waals surface area contributed by atoms with Gasteiger partial charge < -0.3 is 0 Å². The lowest BCUT2D eigenvalue weighted by Gasteiger charge is -2.29. The van der Waals surface area contributed by atoms with Gasteiger partial charge in [-0.2, -0.15) is 0 Å². The summed E-state index contributed by atoms with van der Waals surface area (Å²) in [4.78, 5) is 12.0. The summed E-state index contributed by atoms with van der Waals surface area (Å²) in [6.45, 7) is 0. The summed E-state index contributed by atoms with van der Waals surface area (Å²) >= 11 is 0. The maximum atomic E-state index is 12.0. The van der Waals surface area contributed by atoms with Crippen molar-refractivity contribution in [1.29, 1.82) is 0 Å². The number of ketones is 1. The van der Waals surface area contributed by atoms with E-state index in [-0.39, 0.29) is 0 Å². The highest BCUT2D eigenvalue weighted by molar-refractivity contribution is 5.84. The molecule has 14 heavy (non-hydrogen) atoms. The Labute approximate surface area is 87.3 Å². The Kier molecular flexibility index (Phi) is 3.61. The number of rotatable bonds is 2. The molecule has 0 aromatic heterocycles. The average Bonchev–Trinajstić information content (AvgIpc) is 1.99. The molecule has 2 fully saturated rings. The largest absolute Gasteiger partial charge is 0.299 e. The minimum Gasteiger partial charge on any atom is -0.299 e. The van der Waals surface area contributed by atoms with Gasteiger partial charge in [0.1, 0.15) is 5.78 Å². The molecule has 0 unspecified atom stereocenters. The molecule has 0 saturated heterocycles. The monoisotopic (exact) mass is 194 g/mol. The zero-order chi connectivity index (χ0) is 9.80. The van der Waals surface area contributed by atoms with Crippen LogP contribution in [0.3, 0.4) is 0 Å². The fourth-order valence-corrected chi connectivity index (χ4v) is 2.77. The minimum atomic E-state index is 0.445. The van der Waals surface area contributed by atoms with Crippen LogP contribution in [0.15, 0.2) is 0 Å². The van der Waals surface area contributed by atoms with E-state index in [0.29, 0.717) is 17.6 Å². The standard InChI is InChI=1S/C13H22O/c14-13(12-9-6-10-12)11-7-4-2-1-3-5-8-11/h11-12H,1-10H2. The summed E-state index contributed by atoms with van der Waals surface area (Å²) in [5.41, 5.74) is 0. The first-order chi connectivity index (χ1) is 6.88. The fourth-order valence-electron chi connectivity index (χ4n) is 2.77. The van der Waals surface area contributed by atoms with Gasteiger partial charge in [-0.1, -0.05) is 38.5 Å². The minimum absolute atomic E-state index is 0.445. The van der Waals surface area contributed by atoms with Crippen LogP contribution in [-0.4, -0.2) is 5.78 Å². The van der Waals surface area contributed by atoms with Gasteiger partial charge in [0.25, 0.3) is 0 Å². The number of hydrogen-bond donors (Lipinski definition) is 0. The lowest BCUT2D eigenvalue weighted by molar-refractivity contribution is -0.129. The summed E-state index contributed by atoms with van der Waals surface area (Å²) in [6, 6.07) is 0. The molecule has 0 heterocycles. The maximum Gasteiger partial charge on any atom is 0.139 e. The molecule has 1 nitrogen and oxygen atoms in total. The van der Waals surface area contributed by atoms with E-state index in [1.54, 1.807) is 0 Å². The Bertz CT molecular complexity index is 185. The first kappa shape index (κ1) is 10.2. The first-order valence-corrected chi connectivity index (χ1v) is 6.41. The van der Waals surface area contributed by atoms with Gasteiger partial charge in [-0.25, -0.2) is 0 Å². The molecule has 2 aliphatic carbocycles. The van der Waals surface area contributed by atoms with Crippen LogP contribution >= 0.6 is 0 Å². The van der Waals surface area contributed by atoms with E-state index >= 15 is 0 Å². The third kappa shape index (κ3) is 2.37. The van der Waals surface area contributed by atoms with Crippen molar-refractivity contribution in [3.05, 3.63) is 0 Å². The van der Waals surface area contributed by atoms with Gasteiger partial charge in [-0.05, 0) is 25.7 Å². The molecule has 1 heteroatoms. The second-order valence-corrected chi connectivity index (χ2v) is 5.07. The molecule has 0 N–H and O–H groups in total. The predicted octanol–water partition coefficient (Wildman–Crippen LogP) is 3.72. The van der Waals surface area contributed by atoms with Crippen molar-refractivity contribution in [3.63, 3.8) is 0 Å². The molecule has 0 atom stereocenters. The molecule has 0 radical (unpaired) electrons. The van der Waals surface area contributed by atoms with Crippen molar-refractivity contribution in [3.8, 4) is 0 Å². The molecule has 0 aromatic rings. The Morgan fingerprint density at radius 3 is 1.50 bits per heavy atom. The Balaban J connectivity index is 1.83. The van der Waals surface area contributed by atoms with Crippen LogP contribution < -0.4 is 0 Å². The third-order valence-corrected chi connectivity index (χ3v) is 4.02. The Morgan fingerprint density at radius 1 is 0.643 bits per heavy atom. The highest BCUT2D eigenvalue weighted by Gasteiger charge is 2.30. The molecule has 2 rings (SSSR count). The van der Waals surface area contributed by atoms with Gasteiger partial charge in [-0.3, -0.25) is 4.79 Å². The molecule has 0 aliphatic heterocycles. The molecule has 0 spiro atoms. The smallest absolute Gasteiger partial charge is 0.139 e. The number of Topliss-reactive ketones (excluding diaryl/α,β-unsaturated/α-hetero) is 1. The van der Waals surface area contributed by atoms with Crippen molar-refractivity contribution in [2.24, 2.45) is 11.8 Å². The second kappa shape index (κ2) is 4.95. The van der Waals surface area contributed by atoms with E-state index in [9.17, 15) is 4.79 Å². The molecule has 2 saturated carbocycles. The summed E-state index contributed by atoms with van der Waals surface area (Å²) in [6.07, 6.45) is 12.7. The summed E-state index contributed by atoms with van der Waals surface area (Å²) in [7, 11) is 0. The highest BCUT2D eigenvalue weighted by atomic mass is 16.1. The van der Waals surface area contributed by atoms with Crippen LogP contribution in [0, 0.1) is 11.8 Å². The van der Waals surface area contributed by atoms with E-state index in [4.69, 9.17) is 0 Å². The van der Waals surface area contributed by atoms with Gasteiger partial charge in [0, 0.05) is 11.8 Å². The van der Waals surface area contributed by atoms with Crippen LogP contribution in [0.1, 0.15) is 64.2 Å². The Morgan fingerprint density at radius 2 is 1.07 bits per heavy atom. The second-order valence-electron chi connectivity index (χ2n) is 5.07. The summed E-state index contributed by atoms with van der Waals surface area (Å²) in [5.74, 6) is 1.54. The van der Waals surface area contributed by atoms with E-state index in [0.717, 1.165) is 0 Å². The normalized spacial score (nSPS) is 26.3. The number of carbonyl (C=O) groups is 1. The molecule has 2 aliphatic rings. The van der Waals surface area contributed by atoms with Crippen molar-refractivity contribution in [2.45, 2.75) is 64.2 Å². The van der Waals surface area contributed by atoms with Gasteiger partial charge in [0.05, 0.1) is 0 Å². The molecule has 0 aromatic carbocycles. The van der Waals surface area contributed by atoms with Gasteiger partial charge in [0.15, 0.2) is 0 Å². The van der Waals surface area contributed by atoms with Crippen LogP contribution in [0.5, 0.6) is 0 Å². The van der Waals surface area contributed by atoms with Crippen molar-refractivity contribution in [2.75, 3.05) is 0 Å². The van der Waals surface area contributed by atoms with Crippen LogP contribution in [0.4, 0.5) is 0 Å². The maximum absolute atomic E-state index is 12.0. The van der Waals surface area contributed by atoms with E-state index in [1.165, 1.54) is 64.2 Å². The SMILES string of the molecule is O=C(C1CCCCCCC1)C1CCC1. The summed E-state index contributed by atoms with van der Waals surface area (Å²) in [5, 5.41) is 0. The van der Waals surface area contributed by atoms with Crippen LogP contribution in [0.2, 0.25) is 0 Å². The van der Waals surface area contributed by atoms with E-state index < -0.39 is 0 Å². The van der Waals surface area contributed by atoms with Gasteiger partial charge in [-0.15, -0.1) is 0 Å². The van der Waals surface area contributed by atoms with Crippen molar-refractivity contribution >= 4 is 5.78 Å². The molecular weight excluding hydrogens is 172 g/mol. The summed E-state index contributed by atoms with van der Waals surface area (Å²) < 4.78 is 0. The topological polar surface area (TPSA) is 17.1 Å². The van der Waals surface area contributed by atoms with E-state index in [2.05, 4.69) is 0 Å². The van der Waals surface area contributed by atoms with Crippen LogP contribution in [0.25, 0.3) is 0 Å².